The minimum atomic E-state index is -0.265. The Hall–Kier alpha value is -2.74. The van der Waals surface area contributed by atoms with Crippen molar-refractivity contribution in [3.63, 3.8) is 0 Å². The third kappa shape index (κ3) is 3.69. The molecule has 1 amide bonds. The number of aryl methyl sites for hydroxylation is 1. The van der Waals surface area contributed by atoms with Crippen LogP contribution in [-0.4, -0.2) is 33.2 Å². The summed E-state index contributed by atoms with van der Waals surface area (Å²) in [7, 11) is 1.62. The first kappa shape index (κ1) is 17.1. The van der Waals surface area contributed by atoms with Gasteiger partial charge in [0.05, 0.1) is 12.8 Å². The number of aromatic nitrogens is 4. The van der Waals surface area contributed by atoms with E-state index in [1.54, 1.807) is 7.11 Å². The van der Waals surface area contributed by atoms with Crippen molar-refractivity contribution in [2.45, 2.75) is 26.7 Å². The molecule has 0 atom stereocenters. The van der Waals surface area contributed by atoms with Crippen LogP contribution in [0.1, 0.15) is 41.0 Å². The summed E-state index contributed by atoms with van der Waals surface area (Å²) in [5.74, 6) is 1.69. The van der Waals surface area contributed by atoms with Gasteiger partial charge >= 0.3 is 0 Å². The maximum absolute atomic E-state index is 12.5. The molecule has 3 aromatic rings. The summed E-state index contributed by atoms with van der Waals surface area (Å²) in [6.07, 6.45) is 0. The van der Waals surface area contributed by atoms with Gasteiger partial charge in [0.25, 0.3) is 5.91 Å². The van der Waals surface area contributed by atoms with Crippen LogP contribution in [-0.2, 0) is 0 Å². The zero-order valence-corrected chi connectivity index (χ0v) is 15.3. The number of hydrogen-bond acceptors (Lipinski definition) is 6. The molecular weight excluding hydrogens is 338 g/mol. The molecule has 1 aromatic carbocycles. The molecule has 3 rings (SSSR count). The Morgan fingerprint density at radius 1 is 1.32 bits per heavy atom. The number of benzene rings is 1. The van der Waals surface area contributed by atoms with Crippen LogP contribution in [0.2, 0.25) is 0 Å². The number of carbonyl (C=O) groups excluding carboxylic acids is 1. The van der Waals surface area contributed by atoms with Crippen molar-refractivity contribution in [1.82, 2.24) is 20.2 Å². The molecule has 0 unspecified atom stereocenters. The predicted octanol–water partition coefficient (Wildman–Crippen LogP) is 3.62. The summed E-state index contributed by atoms with van der Waals surface area (Å²) in [6, 6.07) is 7.59. The number of nitrogens with one attached hydrogen (secondary N) is 2. The van der Waals surface area contributed by atoms with Gasteiger partial charge in [-0.2, -0.15) is 4.98 Å². The van der Waals surface area contributed by atoms with E-state index in [2.05, 4.69) is 25.5 Å². The van der Waals surface area contributed by atoms with Crippen molar-refractivity contribution >= 4 is 23.2 Å². The maximum Gasteiger partial charge on any atom is 0.270 e. The van der Waals surface area contributed by atoms with Crippen molar-refractivity contribution in [2.75, 3.05) is 12.4 Å². The van der Waals surface area contributed by atoms with Gasteiger partial charge in [0.1, 0.15) is 21.5 Å². The lowest BCUT2D eigenvalue weighted by molar-refractivity contribution is 0.102. The molecule has 0 aliphatic carbocycles. The van der Waals surface area contributed by atoms with Gasteiger partial charge in [-0.3, -0.25) is 15.2 Å². The van der Waals surface area contributed by atoms with Crippen LogP contribution < -0.4 is 10.1 Å². The van der Waals surface area contributed by atoms with Crippen molar-refractivity contribution < 1.29 is 9.53 Å². The van der Waals surface area contributed by atoms with Crippen LogP contribution in [0, 0.1) is 6.92 Å². The average molecular weight is 357 g/mol. The molecule has 8 heteroatoms. The first-order valence-corrected chi connectivity index (χ1v) is 8.65. The Kier molecular flexibility index (Phi) is 4.80. The second-order valence-electron chi connectivity index (χ2n) is 5.82. The van der Waals surface area contributed by atoms with Gasteiger partial charge in [0, 0.05) is 11.5 Å². The molecule has 0 aliphatic heterocycles. The molecule has 0 radical (unpaired) electrons. The first-order chi connectivity index (χ1) is 12.0. The van der Waals surface area contributed by atoms with Crippen LogP contribution in [0.25, 0.3) is 10.6 Å². The maximum atomic E-state index is 12.5. The topological polar surface area (TPSA) is 92.8 Å². The van der Waals surface area contributed by atoms with Crippen molar-refractivity contribution in [3.8, 4) is 16.3 Å². The SMILES string of the molecule is COc1cccc(-c2nc(C)c(C(=O)Nc3n[nH]c(C(C)C)n3)s2)c1. The molecule has 25 heavy (non-hydrogen) atoms. The number of rotatable bonds is 5. The quantitative estimate of drug-likeness (QED) is 0.727. The van der Waals surface area contributed by atoms with E-state index in [9.17, 15) is 4.79 Å². The second-order valence-corrected chi connectivity index (χ2v) is 6.82. The molecule has 2 heterocycles. The van der Waals surface area contributed by atoms with Crippen LogP contribution in [0.15, 0.2) is 24.3 Å². The van der Waals surface area contributed by atoms with E-state index in [0.29, 0.717) is 10.6 Å². The summed E-state index contributed by atoms with van der Waals surface area (Å²) in [6.45, 7) is 5.81. The molecule has 2 N–H and O–H groups in total. The summed E-state index contributed by atoms with van der Waals surface area (Å²) >= 11 is 1.33. The number of H-pyrrole nitrogens is 1. The molecule has 0 spiro atoms. The average Bonchev–Trinajstić information content (AvgIpc) is 3.21. The number of hydrogen-bond donors (Lipinski definition) is 2. The Labute approximate surface area is 149 Å². The zero-order chi connectivity index (χ0) is 18.0. The zero-order valence-electron chi connectivity index (χ0n) is 14.5. The third-order valence-corrected chi connectivity index (χ3v) is 4.80. The molecule has 0 bridgehead atoms. The fourth-order valence-electron chi connectivity index (χ4n) is 2.23. The highest BCUT2D eigenvalue weighted by molar-refractivity contribution is 7.17. The van der Waals surface area contributed by atoms with Gasteiger partial charge in [-0.25, -0.2) is 4.98 Å². The lowest BCUT2D eigenvalue weighted by atomic mass is 10.2. The van der Waals surface area contributed by atoms with Gasteiger partial charge < -0.3 is 4.74 Å². The van der Waals surface area contributed by atoms with Crippen molar-refractivity contribution in [1.29, 1.82) is 0 Å². The molecule has 130 valence electrons. The lowest BCUT2D eigenvalue weighted by Gasteiger charge is -2.01. The number of ether oxygens (including phenoxy) is 1. The van der Waals surface area contributed by atoms with Crippen LogP contribution in [0.3, 0.4) is 0 Å². The van der Waals surface area contributed by atoms with E-state index in [4.69, 9.17) is 4.74 Å². The standard InChI is InChI=1S/C17H19N5O2S/c1-9(2)14-19-17(22-21-14)20-15(23)13-10(3)18-16(25-13)11-6-5-7-12(8-11)24-4/h5-9H,1-4H3,(H2,19,20,21,22,23). The molecule has 2 aromatic heterocycles. The van der Waals surface area contributed by atoms with E-state index in [1.807, 2.05) is 45.0 Å². The Morgan fingerprint density at radius 2 is 2.12 bits per heavy atom. The van der Waals surface area contributed by atoms with Gasteiger partial charge in [0.15, 0.2) is 0 Å². The summed E-state index contributed by atoms with van der Waals surface area (Å²) in [5, 5.41) is 10.3. The van der Waals surface area contributed by atoms with Crippen LogP contribution >= 0.6 is 11.3 Å². The van der Waals surface area contributed by atoms with E-state index in [-0.39, 0.29) is 17.8 Å². The highest BCUT2D eigenvalue weighted by Crippen LogP contribution is 2.30. The highest BCUT2D eigenvalue weighted by atomic mass is 32.1. The highest BCUT2D eigenvalue weighted by Gasteiger charge is 2.18. The summed E-state index contributed by atoms with van der Waals surface area (Å²) < 4.78 is 5.24. The van der Waals surface area contributed by atoms with Crippen molar-refractivity contribution in [2.24, 2.45) is 0 Å². The monoisotopic (exact) mass is 357 g/mol. The fraction of sp³-hybridized carbons (Fsp3) is 0.294. The fourth-order valence-corrected chi connectivity index (χ4v) is 3.19. The van der Waals surface area contributed by atoms with E-state index < -0.39 is 0 Å². The van der Waals surface area contributed by atoms with E-state index in [0.717, 1.165) is 22.1 Å². The Morgan fingerprint density at radius 3 is 2.80 bits per heavy atom. The number of nitrogens with zero attached hydrogens (tertiary/aromatic N) is 3. The smallest absolute Gasteiger partial charge is 0.270 e. The lowest BCUT2D eigenvalue weighted by Crippen LogP contribution is -2.12. The summed E-state index contributed by atoms with van der Waals surface area (Å²) in [4.78, 5) is 21.8. The molecule has 0 saturated carbocycles. The number of methoxy groups -OCH3 is 1. The number of amides is 1. The normalized spacial score (nSPS) is 10.9. The number of anilines is 1. The van der Waals surface area contributed by atoms with Crippen LogP contribution in [0.5, 0.6) is 5.75 Å². The van der Waals surface area contributed by atoms with Gasteiger partial charge in [-0.15, -0.1) is 16.4 Å². The third-order valence-electron chi connectivity index (χ3n) is 3.59. The Balaban J connectivity index is 1.82. The second kappa shape index (κ2) is 7.02. The number of aromatic amines is 1. The molecule has 0 saturated heterocycles. The van der Waals surface area contributed by atoms with Gasteiger partial charge in [-0.1, -0.05) is 26.0 Å². The van der Waals surface area contributed by atoms with E-state index >= 15 is 0 Å². The minimum absolute atomic E-state index is 0.211. The van der Waals surface area contributed by atoms with Crippen molar-refractivity contribution in [3.05, 3.63) is 40.7 Å². The van der Waals surface area contributed by atoms with E-state index in [1.165, 1.54) is 11.3 Å². The molecule has 0 fully saturated rings. The number of thiazole rings is 1. The first-order valence-electron chi connectivity index (χ1n) is 7.83. The molecule has 0 aliphatic rings. The Bertz CT molecular complexity index is 900. The largest absolute Gasteiger partial charge is 0.497 e. The molecule has 7 nitrogen and oxygen atoms in total. The summed E-state index contributed by atoms with van der Waals surface area (Å²) in [5.41, 5.74) is 1.58. The predicted molar refractivity (Wildman–Crippen MR) is 97.3 cm³/mol. The molecular formula is C17H19N5O2S. The van der Waals surface area contributed by atoms with Gasteiger partial charge in [-0.05, 0) is 19.1 Å². The van der Waals surface area contributed by atoms with Crippen LogP contribution in [0.4, 0.5) is 5.95 Å². The van der Waals surface area contributed by atoms with Gasteiger partial charge in [0.2, 0.25) is 5.95 Å². The number of carbonyl (C=O) groups is 1. The minimum Gasteiger partial charge on any atom is -0.497 e.